The fourth-order valence-corrected chi connectivity index (χ4v) is 2.63. The van der Waals surface area contributed by atoms with Crippen molar-refractivity contribution in [3.8, 4) is 6.07 Å². The Morgan fingerprint density at radius 1 is 1.44 bits per heavy atom. The zero-order valence-corrected chi connectivity index (χ0v) is 11.6. The average molecular weight is 264 g/mol. The van der Waals surface area contributed by atoms with Gasteiger partial charge in [0.15, 0.2) is 0 Å². The molecule has 2 rings (SSSR count). The molecule has 0 N–H and O–H groups in total. The van der Waals surface area contributed by atoms with Crippen molar-refractivity contribution < 1.29 is 0 Å². The van der Waals surface area contributed by atoms with Crippen molar-refractivity contribution in [2.24, 2.45) is 0 Å². The predicted octanol–water partition coefficient (Wildman–Crippen LogP) is 2.74. The minimum Gasteiger partial charge on any atom is -0.369 e. The number of rotatable bonds is 2. The summed E-state index contributed by atoms with van der Waals surface area (Å²) >= 11 is 6.09. The van der Waals surface area contributed by atoms with Gasteiger partial charge in [-0.1, -0.05) is 18.5 Å². The first-order valence-electron chi connectivity index (χ1n) is 6.30. The molecule has 0 aliphatic carbocycles. The lowest BCUT2D eigenvalue weighted by Crippen LogP contribution is -2.51. The Kier molecular flexibility index (Phi) is 4.11. The van der Waals surface area contributed by atoms with Crippen molar-refractivity contribution in [2.75, 3.05) is 31.6 Å². The Labute approximate surface area is 114 Å². The van der Waals surface area contributed by atoms with Crippen molar-refractivity contribution in [3.63, 3.8) is 0 Å². The third kappa shape index (κ3) is 2.60. The van der Waals surface area contributed by atoms with Gasteiger partial charge in [0.25, 0.3) is 0 Å². The summed E-state index contributed by atoms with van der Waals surface area (Å²) in [5.74, 6) is 0. The minimum absolute atomic E-state index is 0.543. The van der Waals surface area contributed by atoms with Crippen LogP contribution in [0.4, 0.5) is 5.69 Å². The number of nitrogens with zero attached hydrogens (tertiary/aromatic N) is 3. The van der Waals surface area contributed by atoms with Gasteiger partial charge in [-0.2, -0.15) is 5.26 Å². The first-order valence-corrected chi connectivity index (χ1v) is 6.68. The molecule has 18 heavy (non-hydrogen) atoms. The number of anilines is 1. The van der Waals surface area contributed by atoms with Gasteiger partial charge in [0.2, 0.25) is 0 Å². The molecule has 0 amide bonds. The van der Waals surface area contributed by atoms with Crippen LogP contribution in [0.3, 0.4) is 0 Å². The van der Waals surface area contributed by atoms with Crippen LogP contribution in [0.15, 0.2) is 18.2 Å². The van der Waals surface area contributed by atoms with Gasteiger partial charge in [-0.3, -0.25) is 4.90 Å². The molecule has 1 heterocycles. The van der Waals surface area contributed by atoms with E-state index in [1.807, 2.05) is 12.1 Å². The van der Waals surface area contributed by atoms with E-state index in [0.29, 0.717) is 16.6 Å². The monoisotopic (exact) mass is 263 g/mol. The molecule has 1 atom stereocenters. The highest BCUT2D eigenvalue weighted by molar-refractivity contribution is 6.32. The smallest absolute Gasteiger partial charge is 0.101 e. The Bertz CT molecular complexity index is 467. The van der Waals surface area contributed by atoms with E-state index in [0.717, 1.165) is 31.7 Å². The lowest BCUT2D eigenvalue weighted by atomic mass is 10.1. The summed E-state index contributed by atoms with van der Waals surface area (Å²) in [7, 11) is 2.18. The van der Waals surface area contributed by atoms with Crippen LogP contribution in [0, 0.1) is 11.3 Å². The zero-order valence-electron chi connectivity index (χ0n) is 10.9. The molecule has 1 fully saturated rings. The molecule has 1 aromatic rings. The van der Waals surface area contributed by atoms with Gasteiger partial charge < -0.3 is 4.90 Å². The first kappa shape index (κ1) is 13.2. The fourth-order valence-electron chi connectivity index (χ4n) is 2.41. The summed E-state index contributed by atoms with van der Waals surface area (Å²) < 4.78 is 0. The summed E-state index contributed by atoms with van der Waals surface area (Å²) in [6.45, 7) is 5.32. The summed E-state index contributed by atoms with van der Waals surface area (Å²) in [5, 5.41) is 9.42. The lowest BCUT2D eigenvalue weighted by molar-refractivity contribution is 0.213. The maximum Gasteiger partial charge on any atom is 0.101 e. The van der Waals surface area contributed by atoms with Crippen LogP contribution < -0.4 is 4.90 Å². The third-order valence-electron chi connectivity index (χ3n) is 3.69. The highest BCUT2D eigenvalue weighted by Crippen LogP contribution is 2.25. The number of halogens is 1. The average Bonchev–Trinajstić information content (AvgIpc) is 2.39. The molecule has 0 spiro atoms. The normalized spacial score (nSPS) is 20.8. The molecule has 3 nitrogen and oxygen atoms in total. The van der Waals surface area contributed by atoms with E-state index in [9.17, 15) is 0 Å². The molecule has 4 heteroatoms. The van der Waals surface area contributed by atoms with Gasteiger partial charge in [-0.05, 0) is 31.7 Å². The molecule has 0 bridgehead atoms. The third-order valence-corrected chi connectivity index (χ3v) is 4.00. The predicted molar refractivity (Wildman–Crippen MR) is 75.1 cm³/mol. The molecule has 0 aromatic heterocycles. The maximum absolute atomic E-state index is 8.88. The molecule has 0 radical (unpaired) electrons. The van der Waals surface area contributed by atoms with Gasteiger partial charge >= 0.3 is 0 Å². The van der Waals surface area contributed by atoms with Crippen LogP contribution in [-0.4, -0.2) is 37.6 Å². The molecular formula is C14H18ClN3. The van der Waals surface area contributed by atoms with Crippen molar-refractivity contribution in [1.82, 2.24) is 4.90 Å². The van der Waals surface area contributed by atoms with E-state index in [1.54, 1.807) is 6.07 Å². The second kappa shape index (κ2) is 5.60. The largest absolute Gasteiger partial charge is 0.369 e. The van der Waals surface area contributed by atoms with Gasteiger partial charge in [0.05, 0.1) is 10.6 Å². The molecule has 0 saturated carbocycles. The first-order chi connectivity index (χ1) is 8.65. The second-order valence-electron chi connectivity index (χ2n) is 4.76. The van der Waals surface area contributed by atoms with E-state index < -0.39 is 0 Å². The highest BCUT2D eigenvalue weighted by Gasteiger charge is 2.23. The summed E-state index contributed by atoms with van der Waals surface area (Å²) in [6.07, 6.45) is 1.15. The molecule has 1 aliphatic rings. The zero-order chi connectivity index (χ0) is 13.1. The molecule has 1 aliphatic heterocycles. The van der Waals surface area contributed by atoms with Crippen molar-refractivity contribution in [1.29, 1.82) is 5.26 Å². The number of hydrogen-bond acceptors (Lipinski definition) is 3. The van der Waals surface area contributed by atoms with Crippen molar-refractivity contribution in [2.45, 2.75) is 19.4 Å². The Hall–Kier alpha value is -1.24. The number of hydrogen-bond donors (Lipinski definition) is 0. The molecule has 1 saturated heterocycles. The van der Waals surface area contributed by atoms with Crippen LogP contribution in [0.1, 0.15) is 18.9 Å². The molecule has 1 aromatic carbocycles. The number of nitriles is 1. The van der Waals surface area contributed by atoms with Crippen molar-refractivity contribution in [3.05, 3.63) is 28.8 Å². The minimum atomic E-state index is 0.543. The van der Waals surface area contributed by atoms with E-state index in [1.165, 1.54) is 0 Å². The second-order valence-corrected chi connectivity index (χ2v) is 5.17. The Morgan fingerprint density at radius 3 is 2.83 bits per heavy atom. The van der Waals surface area contributed by atoms with Gasteiger partial charge in [-0.25, -0.2) is 0 Å². The van der Waals surface area contributed by atoms with Crippen LogP contribution in [0.2, 0.25) is 5.02 Å². The lowest BCUT2D eigenvalue weighted by Gasteiger charge is -2.40. The number of piperazine rings is 1. The SMILES string of the molecule is CCC1CN(c2ccc(C#N)c(Cl)c2)CCN1C. The maximum atomic E-state index is 8.88. The Balaban J connectivity index is 2.17. The highest BCUT2D eigenvalue weighted by atomic mass is 35.5. The molecule has 96 valence electrons. The summed E-state index contributed by atoms with van der Waals surface area (Å²) in [6, 6.07) is 8.38. The summed E-state index contributed by atoms with van der Waals surface area (Å²) in [5.41, 5.74) is 1.66. The van der Waals surface area contributed by atoms with Crippen molar-refractivity contribution >= 4 is 17.3 Å². The quantitative estimate of drug-likeness (QED) is 0.822. The Morgan fingerprint density at radius 2 is 2.22 bits per heavy atom. The standard InChI is InChI=1S/C14H18ClN3/c1-3-12-10-18(7-6-17(12)2)13-5-4-11(9-16)14(15)8-13/h4-5,8,12H,3,6-7,10H2,1-2H3. The molecule has 1 unspecified atom stereocenters. The number of likely N-dealkylation sites (N-methyl/N-ethyl adjacent to an activating group) is 1. The van der Waals surface area contributed by atoms with E-state index >= 15 is 0 Å². The fraction of sp³-hybridized carbons (Fsp3) is 0.500. The summed E-state index contributed by atoms with van der Waals surface area (Å²) in [4.78, 5) is 4.75. The van der Waals surface area contributed by atoms with Crippen LogP contribution >= 0.6 is 11.6 Å². The van der Waals surface area contributed by atoms with E-state index in [2.05, 4.69) is 29.8 Å². The van der Waals surface area contributed by atoms with Crippen LogP contribution in [0.5, 0.6) is 0 Å². The van der Waals surface area contributed by atoms with E-state index in [-0.39, 0.29) is 0 Å². The van der Waals surface area contributed by atoms with Gasteiger partial charge in [0.1, 0.15) is 6.07 Å². The molecular weight excluding hydrogens is 246 g/mol. The van der Waals surface area contributed by atoms with E-state index in [4.69, 9.17) is 16.9 Å². The number of benzene rings is 1. The van der Waals surface area contributed by atoms with Gasteiger partial charge in [-0.15, -0.1) is 0 Å². The van der Waals surface area contributed by atoms with Crippen LogP contribution in [0.25, 0.3) is 0 Å². The van der Waals surface area contributed by atoms with Gasteiger partial charge in [0, 0.05) is 31.4 Å². The van der Waals surface area contributed by atoms with Crippen LogP contribution in [-0.2, 0) is 0 Å². The topological polar surface area (TPSA) is 30.3 Å².